The van der Waals surface area contributed by atoms with Crippen LogP contribution in [0.2, 0.25) is 0 Å². The Morgan fingerprint density at radius 1 is 1.09 bits per heavy atom. The van der Waals surface area contributed by atoms with Crippen LogP contribution in [-0.2, 0) is 31.0 Å². The average molecular weight is 474 g/mol. The normalized spacial score (nSPS) is 16.2. The summed E-state index contributed by atoms with van der Waals surface area (Å²) in [7, 11) is -3.84. The summed E-state index contributed by atoms with van der Waals surface area (Å²) in [5.41, 5.74) is 1.03. The Bertz CT molecular complexity index is 1130. The third-order valence-corrected chi connectivity index (χ3v) is 6.22. The molecule has 1 fully saturated rings. The molecule has 9 nitrogen and oxygen atoms in total. The Morgan fingerprint density at radius 3 is 2.27 bits per heavy atom. The molecule has 0 radical (unpaired) electrons. The minimum atomic E-state index is -3.84. The second kappa shape index (κ2) is 10.1. The number of nitrogens with two attached hydrogens (primary N) is 1. The summed E-state index contributed by atoms with van der Waals surface area (Å²) in [5.74, 6) is -0.528. The molecule has 0 bridgehead atoms. The van der Waals surface area contributed by atoms with E-state index in [1.807, 2.05) is 6.92 Å². The Labute approximate surface area is 193 Å². The molecule has 1 heterocycles. The monoisotopic (exact) mass is 473 g/mol. The van der Waals surface area contributed by atoms with Crippen molar-refractivity contribution in [3.63, 3.8) is 0 Å². The van der Waals surface area contributed by atoms with Gasteiger partial charge in [-0.2, -0.15) is 0 Å². The van der Waals surface area contributed by atoms with Crippen molar-refractivity contribution in [2.24, 2.45) is 5.14 Å². The van der Waals surface area contributed by atoms with Gasteiger partial charge in [0.25, 0.3) is 5.91 Å². The summed E-state index contributed by atoms with van der Waals surface area (Å²) in [6.45, 7) is 4.29. The predicted molar refractivity (Wildman–Crippen MR) is 122 cm³/mol. The number of anilines is 1. The number of hydrogen-bond donors (Lipinski definition) is 1. The minimum Gasteiger partial charge on any atom is -0.494 e. The first-order chi connectivity index (χ1) is 15.7. The number of rotatable bonds is 9. The van der Waals surface area contributed by atoms with Gasteiger partial charge in [-0.1, -0.05) is 26.0 Å². The highest BCUT2D eigenvalue weighted by Crippen LogP contribution is 2.28. The quantitative estimate of drug-likeness (QED) is 0.556. The standard InChI is InChI=1S/C23H27N3O6S/c1-3-13-32-18-9-7-17(8-10-18)26-22(28)14-20(23(26)29)25(21(27)4-2)15-16-5-11-19(12-6-16)33(24,30)31/h5-12,20H,3-4,13-15H2,1-2H3,(H2,24,30,31)/t20-/m1/s1. The fourth-order valence-corrected chi connectivity index (χ4v) is 4.11. The van der Waals surface area contributed by atoms with Gasteiger partial charge in [-0.3, -0.25) is 14.4 Å². The van der Waals surface area contributed by atoms with Gasteiger partial charge < -0.3 is 9.64 Å². The number of nitrogens with zero attached hydrogens (tertiary/aromatic N) is 2. The molecule has 1 aliphatic rings. The van der Waals surface area contributed by atoms with E-state index in [0.717, 1.165) is 11.3 Å². The minimum absolute atomic E-state index is 0.0516. The lowest BCUT2D eigenvalue weighted by Gasteiger charge is -2.27. The first-order valence-corrected chi connectivity index (χ1v) is 12.2. The van der Waals surface area contributed by atoms with Crippen LogP contribution in [-0.4, -0.2) is 43.7 Å². The fraction of sp³-hybridized carbons (Fsp3) is 0.348. The predicted octanol–water partition coefficient (Wildman–Crippen LogP) is 2.19. The molecule has 0 aliphatic carbocycles. The van der Waals surface area contributed by atoms with Crippen molar-refractivity contribution in [2.45, 2.75) is 50.6 Å². The van der Waals surface area contributed by atoms with Crippen LogP contribution in [0.25, 0.3) is 0 Å². The number of benzene rings is 2. The lowest BCUT2D eigenvalue weighted by molar-refractivity contribution is -0.138. The topological polar surface area (TPSA) is 127 Å². The number of imide groups is 1. The van der Waals surface area contributed by atoms with Crippen LogP contribution in [0, 0.1) is 0 Å². The van der Waals surface area contributed by atoms with Crippen molar-refractivity contribution in [2.75, 3.05) is 11.5 Å². The lowest BCUT2D eigenvalue weighted by atomic mass is 10.1. The van der Waals surface area contributed by atoms with E-state index in [1.54, 1.807) is 31.2 Å². The molecule has 1 saturated heterocycles. The number of carbonyl (C=O) groups is 3. The number of carbonyl (C=O) groups excluding carboxylic acids is 3. The van der Waals surface area contributed by atoms with E-state index in [2.05, 4.69) is 0 Å². The Kier molecular flexibility index (Phi) is 7.50. The van der Waals surface area contributed by atoms with Crippen molar-refractivity contribution in [3.8, 4) is 5.75 Å². The fourth-order valence-electron chi connectivity index (χ4n) is 3.60. The van der Waals surface area contributed by atoms with Crippen molar-refractivity contribution in [3.05, 3.63) is 54.1 Å². The highest BCUT2D eigenvalue weighted by atomic mass is 32.2. The van der Waals surface area contributed by atoms with Gasteiger partial charge in [-0.05, 0) is 48.4 Å². The van der Waals surface area contributed by atoms with Crippen LogP contribution in [0.5, 0.6) is 5.75 Å². The van der Waals surface area contributed by atoms with Crippen LogP contribution >= 0.6 is 0 Å². The highest BCUT2D eigenvalue weighted by molar-refractivity contribution is 7.89. The molecule has 33 heavy (non-hydrogen) atoms. The molecule has 2 N–H and O–H groups in total. The van der Waals surface area contributed by atoms with E-state index in [-0.39, 0.29) is 30.2 Å². The van der Waals surface area contributed by atoms with Crippen LogP contribution in [0.4, 0.5) is 5.69 Å². The van der Waals surface area contributed by atoms with E-state index in [4.69, 9.17) is 9.88 Å². The van der Waals surface area contributed by atoms with Crippen LogP contribution < -0.4 is 14.8 Å². The summed E-state index contributed by atoms with van der Waals surface area (Å²) in [4.78, 5) is 41.0. The summed E-state index contributed by atoms with van der Waals surface area (Å²) < 4.78 is 28.5. The molecule has 2 aromatic carbocycles. The zero-order chi connectivity index (χ0) is 24.2. The molecular formula is C23H27N3O6S. The van der Waals surface area contributed by atoms with Gasteiger partial charge in [0.05, 0.1) is 23.6 Å². The van der Waals surface area contributed by atoms with Gasteiger partial charge >= 0.3 is 0 Å². The third kappa shape index (κ3) is 5.58. The molecule has 0 spiro atoms. The van der Waals surface area contributed by atoms with E-state index < -0.39 is 27.9 Å². The van der Waals surface area contributed by atoms with E-state index in [9.17, 15) is 22.8 Å². The van der Waals surface area contributed by atoms with Crippen molar-refractivity contribution in [1.82, 2.24) is 4.90 Å². The molecule has 3 amide bonds. The Morgan fingerprint density at radius 2 is 1.73 bits per heavy atom. The maximum Gasteiger partial charge on any atom is 0.257 e. The van der Waals surface area contributed by atoms with Gasteiger partial charge in [0.15, 0.2) is 0 Å². The molecule has 3 rings (SSSR count). The molecule has 0 aromatic heterocycles. The maximum atomic E-state index is 13.2. The van der Waals surface area contributed by atoms with Gasteiger partial charge in [-0.25, -0.2) is 18.5 Å². The molecular weight excluding hydrogens is 446 g/mol. The number of sulfonamides is 1. The molecule has 176 valence electrons. The Balaban J connectivity index is 1.82. The van der Waals surface area contributed by atoms with E-state index in [1.165, 1.54) is 29.2 Å². The van der Waals surface area contributed by atoms with Crippen molar-refractivity contribution < 1.29 is 27.5 Å². The molecule has 1 aliphatic heterocycles. The number of ether oxygens (including phenoxy) is 1. The second-order valence-corrected chi connectivity index (χ2v) is 9.26. The SMILES string of the molecule is CCCOc1ccc(N2C(=O)C[C@@H](N(Cc3ccc(S(N)(=O)=O)cc3)C(=O)CC)C2=O)cc1. The second-order valence-electron chi connectivity index (χ2n) is 7.69. The zero-order valence-corrected chi connectivity index (χ0v) is 19.4. The summed E-state index contributed by atoms with van der Waals surface area (Å²) in [6, 6.07) is 11.5. The van der Waals surface area contributed by atoms with Crippen LogP contribution in [0.3, 0.4) is 0 Å². The maximum absolute atomic E-state index is 13.2. The van der Waals surface area contributed by atoms with E-state index >= 15 is 0 Å². The molecule has 0 unspecified atom stereocenters. The van der Waals surface area contributed by atoms with E-state index in [0.29, 0.717) is 23.6 Å². The highest BCUT2D eigenvalue weighted by Gasteiger charge is 2.44. The van der Waals surface area contributed by atoms with Crippen molar-refractivity contribution >= 4 is 33.4 Å². The zero-order valence-electron chi connectivity index (χ0n) is 18.6. The average Bonchev–Trinajstić information content (AvgIpc) is 3.09. The summed E-state index contributed by atoms with van der Waals surface area (Å²) in [5, 5.41) is 5.13. The van der Waals surface area contributed by atoms with Gasteiger partial charge in [-0.15, -0.1) is 0 Å². The summed E-state index contributed by atoms with van der Waals surface area (Å²) >= 11 is 0. The third-order valence-electron chi connectivity index (χ3n) is 5.29. The first-order valence-electron chi connectivity index (χ1n) is 10.7. The smallest absolute Gasteiger partial charge is 0.257 e. The lowest BCUT2D eigenvalue weighted by Crippen LogP contribution is -2.44. The summed E-state index contributed by atoms with van der Waals surface area (Å²) in [6.07, 6.45) is 0.878. The first kappa shape index (κ1) is 24.4. The van der Waals surface area contributed by atoms with Gasteiger partial charge in [0, 0.05) is 13.0 Å². The van der Waals surface area contributed by atoms with Crippen molar-refractivity contribution in [1.29, 1.82) is 0 Å². The number of amides is 3. The molecule has 0 saturated carbocycles. The van der Waals surface area contributed by atoms with Gasteiger partial charge in [0.1, 0.15) is 11.8 Å². The molecule has 2 aromatic rings. The van der Waals surface area contributed by atoms with Crippen LogP contribution in [0.15, 0.2) is 53.4 Å². The molecule has 1 atom stereocenters. The van der Waals surface area contributed by atoms with Gasteiger partial charge in [0.2, 0.25) is 21.8 Å². The Hall–Kier alpha value is -3.24. The largest absolute Gasteiger partial charge is 0.494 e. The molecule has 10 heteroatoms. The number of hydrogen-bond acceptors (Lipinski definition) is 6. The number of primary sulfonamides is 1. The van der Waals surface area contributed by atoms with Crippen LogP contribution in [0.1, 0.15) is 38.7 Å².